The van der Waals surface area contributed by atoms with Crippen molar-refractivity contribution >= 4 is 29.2 Å². The van der Waals surface area contributed by atoms with Crippen molar-refractivity contribution in [2.24, 2.45) is 5.92 Å². The van der Waals surface area contributed by atoms with E-state index in [0.717, 1.165) is 18.0 Å². The molecule has 6 nitrogen and oxygen atoms in total. The zero-order valence-corrected chi connectivity index (χ0v) is 18.6. The van der Waals surface area contributed by atoms with Gasteiger partial charge in [-0.1, -0.05) is 11.6 Å². The number of hydrogen-bond donors (Lipinski definition) is 0. The number of rotatable bonds is 3. The zero-order valence-electron chi connectivity index (χ0n) is 17.9. The second-order valence-corrected chi connectivity index (χ2v) is 8.72. The number of piperazine rings is 1. The number of carbonyl (C=O) groups excluding carboxylic acids is 2. The minimum Gasteiger partial charge on any atom is -0.353 e. The molecule has 0 N–H and O–H groups in total. The van der Waals surface area contributed by atoms with Crippen LogP contribution in [0.3, 0.4) is 0 Å². The molecule has 1 aromatic heterocycles. The van der Waals surface area contributed by atoms with E-state index in [1.165, 1.54) is 12.1 Å². The number of benzene rings is 1. The first kappa shape index (κ1) is 23.4. The molecule has 0 radical (unpaired) electrons. The Hall–Kier alpha value is -2.81. The van der Waals surface area contributed by atoms with Gasteiger partial charge in [0.2, 0.25) is 5.91 Å². The summed E-state index contributed by atoms with van der Waals surface area (Å²) in [6, 6.07) is 7.91. The van der Waals surface area contributed by atoms with Crippen LogP contribution >= 0.6 is 11.6 Å². The number of piperidine rings is 1. The molecule has 33 heavy (non-hydrogen) atoms. The predicted molar refractivity (Wildman–Crippen MR) is 118 cm³/mol. The third-order valence-electron chi connectivity index (χ3n) is 6.22. The van der Waals surface area contributed by atoms with E-state index in [9.17, 15) is 22.8 Å². The first-order valence-electron chi connectivity index (χ1n) is 10.8. The van der Waals surface area contributed by atoms with E-state index in [1.807, 2.05) is 11.0 Å². The Morgan fingerprint density at radius 3 is 2.06 bits per heavy atom. The topological polar surface area (TPSA) is 56.8 Å². The lowest BCUT2D eigenvalue weighted by Crippen LogP contribution is -2.52. The Morgan fingerprint density at radius 1 is 0.879 bits per heavy atom. The number of aromatic nitrogens is 1. The van der Waals surface area contributed by atoms with E-state index < -0.39 is 11.7 Å². The summed E-state index contributed by atoms with van der Waals surface area (Å²) in [6.07, 6.45) is -1.74. The minimum atomic E-state index is -4.43. The van der Waals surface area contributed by atoms with Gasteiger partial charge < -0.3 is 14.7 Å². The summed E-state index contributed by atoms with van der Waals surface area (Å²) in [5, 5.41) is 0.579. The Bertz CT molecular complexity index is 982. The Morgan fingerprint density at radius 2 is 1.52 bits per heavy atom. The number of halogens is 4. The molecule has 2 saturated heterocycles. The average molecular weight is 481 g/mol. The van der Waals surface area contributed by atoms with Gasteiger partial charge in [-0.15, -0.1) is 0 Å². The zero-order chi connectivity index (χ0) is 23.6. The van der Waals surface area contributed by atoms with Crippen molar-refractivity contribution in [1.82, 2.24) is 14.8 Å². The maximum atomic E-state index is 13.0. The number of likely N-dealkylation sites (tertiary alicyclic amines) is 1. The first-order chi connectivity index (χ1) is 15.7. The van der Waals surface area contributed by atoms with Gasteiger partial charge in [0.05, 0.1) is 10.6 Å². The van der Waals surface area contributed by atoms with Crippen molar-refractivity contribution in [3.63, 3.8) is 0 Å². The fourth-order valence-corrected chi connectivity index (χ4v) is 4.39. The standard InChI is InChI=1S/C23H24ClF3N4O2/c24-19-5-6-20(28-15-19)29-11-13-31(14-12-29)22(33)17-7-9-30(10-8-17)21(32)16-1-3-18(4-2-16)23(25,26)27/h1-6,15,17H,7-14H2. The molecule has 10 heteroatoms. The smallest absolute Gasteiger partial charge is 0.353 e. The van der Waals surface area contributed by atoms with Crippen LogP contribution in [-0.2, 0) is 11.0 Å². The van der Waals surface area contributed by atoms with Crippen LogP contribution in [0.5, 0.6) is 0 Å². The molecule has 0 spiro atoms. The highest BCUT2D eigenvalue weighted by Gasteiger charge is 2.33. The predicted octanol–water partition coefficient (Wildman–Crippen LogP) is 3.95. The number of carbonyl (C=O) groups is 2. The van der Waals surface area contributed by atoms with Crippen LogP contribution in [0.15, 0.2) is 42.6 Å². The van der Waals surface area contributed by atoms with Crippen molar-refractivity contribution in [2.45, 2.75) is 19.0 Å². The van der Waals surface area contributed by atoms with Crippen molar-refractivity contribution in [3.8, 4) is 0 Å². The largest absolute Gasteiger partial charge is 0.416 e. The molecule has 0 saturated carbocycles. The van der Waals surface area contributed by atoms with Crippen molar-refractivity contribution in [2.75, 3.05) is 44.2 Å². The maximum Gasteiger partial charge on any atom is 0.416 e. The highest BCUT2D eigenvalue weighted by Crippen LogP contribution is 2.29. The molecule has 0 atom stereocenters. The summed E-state index contributed by atoms with van der Waals surface area (Å²) in [5.41, 5.74) is -0.560. The molecule has 2 aliphatic heterocycles. The molecule has 2 aromatic rings. The first-order valence-corrected chi connectivity index (χ1v) is 11.2. The summed E-state index contributed by atoms with van der Waals surface area (Å²) in [6.45, 7) is 3.40. The Kier molecular flexibility index (Phi) is 6.78. The lowest BCUT2D eigenvalue weighted by atomic mass is 9.94. The number of hydrogen-bond acceptors (Lipinski definition) is 4. The molecular weight excluding hydrogens is 457 g/mol. The molecule has 2 amide bonds. The molecular formula is C23H24ClF3N4O2. The van der Waals surface area contributed by atoms with Gasteiger partial charge >= 0.3 is 6.18 Å². The Balaban J connectivity index is 1.27. The number of alkyl halides is 3. The van der Waals surface area contributed by atoms with Crippen LogP contribution in [0, 0.1) is 5.92 Å². The van der Waals surface area contributed by atoms with Gasteiger partial charge in [-0.05, 0) is 49.2 Å². The number of anilines is 1. The summed E-state index contributed by atoms with van der Waals surface area (Å²) >= 11 is 5.89. The van der Waals surface area contributed by atoms with Gasteiger partial charge in [-0.3, -0.25) is 9.59 Å². The van der Waals surface area contributed by atoms with Crippen molar-refractivity contribution in [1.29, 1.82) is 0 Å². The highest BCUT2D eigenvalue weighted by molar-refractivity contribution is 6.30. The molecule has 4 rings (SSSR count). The van der Waals surface area contributed by atoms with E-state index in [4.69, 9.17) is 11.6 Å². The fraction of sp³-hybridized carbons (Fsp3) is 0.435. The lowest BCUT2D eigenvalue weighted by Gasteiger charge is -2.39. The van der Waals surface area contributed by atoms with Gasteiger partial charge in [0.1, 0.15) is 5.82 Å². The van der Waals surface area contributed by atoms with E-state index in [0.29, 0.717) is 57.1 Å². The SMILES string of the molecule is O=C(c1ccc(C(F)(F)F)cc1)N1CCC(C(=O)N2CCN(c3ccc(Cl)cn3)CC2)CC1. The van der Waals surface area contributed by atoms with Crippen LogP contribution in [0.1, 0.15) is 28.8 Å². The lowest BCUT2D eigenvalue weighted by molar-refractivity contribution is -0.138. The molecule has 1 aromatic carbocycles. The highest BCUT2D eigenvalue weighted by atomic mass is 35.5. The molecule has 0 aliphatic carbocycles. The summed E-state index contributed by atoms with van der Waals surface area (Å²) in [4.78, 5) is 35.6. The van der Waals surface area contributed by atoms with Crippen LogP contribution in [-0.4, -0.2) is 65.9 Å². The van der Waals surface area contributed by atoms with E-state index in [-0.39, 0.29) is 23.3 Å². The summed E-state index contributed by atoms with van der Waals surface area (Å²) in [5.74, 6) is 0.475. The number of pyridine rings is 1. The third-order valence-corrected chi connectivity index (χ3v) is 6.44. The van der Waals surface area contributed by atoms with Crippen LogP contribution in [0.2, 0.25) is 5.02 Å². The van der Waals surface area contributed by atoms with Crippen LogP contribution in [0.4, 0.5) is 19.0 Å². The normalized spacial score (nSPS) is 17.9. The quantitative estimate of drug-likeness (QED) is 0.667. The van der Waals surface area contributed by atoms with E-state index >= 15 is 0 Å². The molecule has 0 unspecified atom stereocenters. The number of amides is 2. The Labute approximate surface area is 194 Å². The van der Waals surface area contributed by atoms with E-state index in [1.54, 1.807) is 17.2 Å². The van der Waals surface area contributed by atoms with Gasteiger partial charge in [0.15, 0.2) is 0 Å². The minimum absolute atomic E-state index is 0.0975. The molecule has 2 aliphatic rings. The fourth-order valence-electron chi connectivity index (χ4n) is 4.28. The van der Waals surface area contributed by atoms with Crippen LogP contribution in [0.25, 0.3) is 0 Å². The summed E-state index contributed by atoms with van der Waals surface area (Å²) in [7, 11) is 0. The third kappa shape index (κ3) is 5.40. The van der Waals surface area contributed by atoms with Crippen molar-refractivity contribution < 1.29 is 22.8 Å². The van der Waals surface area contributed by atoms with Crippen molar-refractivity contribution in [3.05, 3.63) is 58.7 Å². The average Bonchev–Trinajstić information content (AvgIpc) is 2.83. The second kappa shape index (κ2) is 9.59. The van der Waals surface area contributed by atoms with Gasteiger partial charge in [-0.25, -0.2) is 4.98 Å². The second-order valence-electron chi connectivity index (χ2n) is 8.29. The van der Waals surface area contributed by atoms with E-state index in [2.05, 4.69) is 9.88 Å². The number of nitrogens with zero attached hydrogens (tertiary/aromatic N) is 4. The van der Waals surface area contributed by atoms with Crippen LogP contribution < -0.4 is 4.90 Å². The maximum absolute atomic E-state index is 13.0. The van der Waals surface area contributed by atoms with Gasteiger partial charge in [-0.2, -0.15) is 13.2 Å². The molecule has 3 heterocycles. The molecule has 2 fully saturated rings. The molecule has 0 bridgehead atoms. The monoisotopic (exact) mass is 480 g/mol. The summed E-state index contributed by atoms with van der Waals surface area (Å²) < 4.78 is 38.2. The van der Waals surface area contributed by atoms with Gasteiger partial charge in [0, 0.05) is 56.9 Å². The van der Waals surface area contributed by atoms with Gasteiger partial charge in [0.25, 0.3) is 5.91 Å². The molecule has 176 valence electrons.